The first-order valence-corrected chi connectivity index (χ1v) is 10.9. The molecule has 0 bridgehead atoms. The minimum Gasteiger partial charge on any atom is -0.460 e. The van der Waals surface area contributed by atoms with Crippen LogP contribution in [-0.4, -0.2) is 54.5 Å². The van der Waals surface area contributed by atoms with Gasteiger partial charge in [-0.1, -0.05) is 33.9 Å². The summed E-state index contributed by atoms with van der Waals surface area (Å²) in [5.41, 5.74) is -0.0140. The van der Waals surface area contributed by atoms with E-state index in [-0.39, 0.29) is 54.8 Å². The summed E-state index contributed by atoms with van der Waals surface area (Å²) in [5, 5.41) is 15.3. The number of hydrogen-bond acceptors (Lipinski definition) is 6. The van der Waals surface area contributed by atoms with Crippen molar-refractivity contribution in [2.24, 2.45) is 16.7 Å². The number of rotatable bonds is 11. The summed E-state index contributed by atoms with van der Waals surface area (Å²) in [5.74, 6) is -1.73. The van der Waals surface area contributed by atoms with E-state index in [1.807, 2.05) is 6.92 Å². The van der Waals surface area contributed by atoms with Crippen LogP contribution in [0.25, 0.3) is 0 Å². The van der Waals surface area contributed by atoms with Crippen molar-refractivity contribution in [1.82, 2.24) is 10.6 Å². The van der Waals surface area contributed by atoms with Crippen molar-refractivity contribution in [3.63, 3.8) is 0 Å². The first-order chi connectivity index (χ1) is 14.7. The van der Waals surface area contributed by atoms with Crippen LogP contribution in [0.5, 0.6) is 0 Å². The zero-order valence-electron chi connectivity index (χ0n) is 20.0. The maximum atomic E-state index is 12.8. The highest BCUT2D eigenvalue weighted by Gasteiger charge is 2.44. The topological polar surface area (TPSA) is 122 Å². The molecule has 32 heavy (non-hydrogen) atoms. The molecule has 1 saturated carbocycles. The number of carbonyl (C=O) groups excluding carboxylic acids is 4. The summed E-state index contributed by atoms with van der Waals surface area (Å²) < 4.78 is 4.97. The number of nitrogens with one attached hydrogen (secondary N) is 2. The highest BCUT2D eigenvalue weighted by Crippen LogP contribution is 2.50. The Kier molecular flexibility index (Phi) is 9.82. The second kappa shape index (κ2) is 11.4. The number of aliphatic hydroxyl groups is 1. The fourth-order valence-electron chi connectivity index (χ4n) is 4.58. The van der Waals surface area contributed by atoms with Gasteiger partial charge in [-0.15, -0.1) is 0 Å². The zero-order chi connectivity index (χ0) is 24.7. The normalized spacial score (nSPS) is 22.9. The van der Waals surface area contributed by atoms with Crippen LogP contribution in [0, 0.1) is 16.7 Å². The summed E-state index contributed by atoms with van der Waals surface area (Å²) in [4.78, 5) is 48.4. The second-order valence-electron chi connectivity index (χ2n) is 10.1. The van der Waals surface area contributed by atoms with Gasteiger partial charge in [0.05, 0.1) is 13.1 Å². The molecule has 0 heterocycles. The molecule has 3 atom stereocenters. The number of ketones is 1. The highest BCUT2D eigenvalue weighted by molar-refractivity contribution is 5.98. The zero-order valence-corrected chi connectivity index (χ0v) is 20.0. The van der Waals surface area contributed by atoms with Gasteiger partial charge in [0, 0.05) is 17.9 Å². The Bertz CT molecular complexity index is 772. The summed E-state index contributed by atoms with van der Waals surface area (Å²) >= 11 is 0. The molecule has 0 aromatic heterocycles. The van der Waals surface area contributed by atoms with E-state index in [1.165, 1.54) is 6.92 Å². The predicted molar refractivity (Wildman–Crippen MR) is 121 cm³/mol. The number of amides is 2. The predicted octanol–water partition coefficient (Wildman–Crippen LogP) is 2.07. The molecule has 1 aliphatic carbocycles. The second-order valence-corrected chi connectivity index (χ2v) is 10.1. The molecule has 1 aliphatic rings. The summed E-state index contributed by atoms with van der Waals surface area (Å²) in [6.07, 6.45) is 0.871. The highest BCUT2D eigenvalue weighted by atomic mass is 16.5. The van der Waals surface area contributed by atoms with Gasteiger partial charge < -0.3 is 20.5 Å². The Morgan fingerprint density at radius 2 is 1.69 bits per heavy atom. The molecule has 0 aromatic carbocycles. The molecule has 8 nitrogen and oxygen atoms in total. The SMILES string of the molecule is C=C(C)C(=O)OCCNC(=O)CC1(C)CC(C(=O)NCC(O)C(=O)C(=C)C)CC(C)(C)C1. The van der Waals surface area contributed by atoms with Gasteiger partial charge >= 0.3 is 5.97 Å². The molecular weight excluding hydrogens is 412 g/mol. The molecule has 3 unspecified atom stereocenters. The lowest BCUT2D eigenvalue weighted by Gasteiger charge is -2.46. The van der Waals surface area contributed by atoms with E-state index in [1.54, 1.807) is 6.92 Å². The number of carbonyl (C=O) groups is 4. The molecule has 0 aliphatic heterocycles. The molecular formula is C24H38N2O6. The minimum atomic E-state index is -1.32. The summed E-state index contributed by atoms with van der Waals surface area (Å²) in [6, 6.07) is 0. The number of aliphatic hydroxyl groups excluding tert-OH is 1. The monoisotopic (exact) mass is 450 g/mol. The molecule has 0 radical (unpaired) electrons. The third-order valence-corrected chi connectivity index (χ3v) is 5.60. The van der Waals surface area contributed by atoms with Crippen molar-refractivity contribution in [3.8, 4) is 0 Å². The fourth-order valence-corrected chi connectivity index (χ4v) is 4.58. The first kappa shape index (κ1) is 27.6. The van der Waals surface area contributed by atoms with Gasteiger partial charge in [0.2, 0.25) is 11.8 Å². The van der Waals surface area contributed by atoms with Crippen molar-refractivity contribution in [1.29, 1.82) is 0 Å². The van der Waals surface area contributed by atoms with Crippen LogP contribution in [0.2, 0.25) is 0 Å². The van der Waals surface area contributed by atoms with Crippen LogP contribution in [0.15, 0.2) is 24.3 Å². The molecule has 0 saturated heterocycles. The summed E-state index contributed by atoms with van der Waals surface area (Å²) in [6.45, 7) is 16.3. The quantitative estimate of drug-likeness (QED) is 0.252. The Morgan fingerprint density at radius 1 is 1.06 bits per heavy atom. The Balaban J connectivity index is 2.64. The lowest BCUT2D eigenvalue weighted by molar-refractivity contribution is -0.139. The van der Waals surface area contributed by atoms with E-state index in [0.717, 1.165) is 6.42 Å². The van der Waals surface area contributed by atoms with Crippen molar-refractivity contribution in [2.75, 3.05) is 19.7 Å². The summed E-state index contributed by atoms with van der Waals surface area (Å²) in [7, 11) is 0. The maximum Gasteiger partial charge on any atom is 0.333 e. The van der Waals surface area contributed by atoms with E-state index in [0.29, 0.717) is 18.4 Å². The fraction of sp³-hybridized carbons (Fsp3) is 0.667. The maximum absolute atomic E-state index is 12.8. The van der Waals surface area contributed by atoms with Gasteiger partial charge in [0.25, 0.3) is 0 Å². The standard InChI is InChI=1S/C24H38N2O6/c1-15(2)20(29)18(27)13-26-21(30)17-10-23(5,6)14-24(7,11-17)12-19(28)25-8-9-32-22(31)16(3)4/h17-18,27H,1,3,8-14H2,2,4-7H3,(H,25,28)(H,26,30). The van der Waals surface area contributed by atoms with Gasteiger partial charge in [-0.25, -0.2) is 4.79 Å². The van der Waals surface area contributed by atoms with Crippen molar-refractivity contribution in [3.05, 3.63) is 24.3 Å². The average Bonchev–Trinajstić information content (AvgIpc) is 2.66. The molecule has 1 fully saturated rings. The Morgan fingerprint density at radius 3 is 2.25 bits per heavy atom. The molecule has 1 rings (SSSR count). The van der Waals surface area contributed by atoms with Gasteiger partial charge in [-0.05, 0) is 49.5 Å². The van der Waals surface area contributed by atoms with Crippen LogP contribution in [-0.2, 0) is 23.9 Å². The van der Waals surface area contributed by atoms with Gasteiger partial charge in [0.1, 0.15) is 12.7 Å². The Hall–Kier alpha value is -2.48. The molecule has 180 valence electrons. The van der Waals surface area contributed by atoms with Crippen LogP contribution in [0.4, 0.5) is 0 Å². The largest absolute Gasteiger partial charge is 0.460 e. The molecule has 0 aromatic rings. The third kappa shape index (κ3) is 8.94. The van der Waals surface area contributed by atoms with Gasteiger partial charge in [0.15, 0.2) is 5.78 Å². The minimum absolute atomic E-state index is 0.0654. The first-order valence-electron chi connectivity index (χ1n) is 10.9. The van der Waals surface area contributed by atoms with Crippen molar-refractivity contribution < 1.29 is 29.0 Å². The third-order valence-electron chi connectivity index (χ3n) is 5.60. The van der Waals surface area contributed by atoms with Crippen LogP contribution in [0.1, 0.15) is 60.3 Å². The van der Waals surface area contributed by atoms with Crippen molar-refractivity contribution >= 4 is 23.6 Å². The smallest absolute Gasteiger partial charge is 0.333 e. The van der Waals surface area contributed by atoms with Gasteiger partial charge in [-0.3, -0.25) is 14.4 Å². The van der Waals surface area contributed by atoms with E-state index >= 15 is 0 Å². The van der Waals surface area contributed by atoms with Crippen LogP contribution in [0.3, 0.4) is 0 Å². The van der Waals surface area contributed by atoms with E-state index in [4.69, 9.17) is 4.74 Å². The number of hydrogen-bond donors (Lipinski definition) is 3. The van der Waals surface area contributed by atoms with E-state index in [9.17, 15) is 24.3 Å². The van der Waals surface area contributed by atoms with E-state index < -0.39 is 23.3 Å². The number of esters is 1. The Labute approximate surface area is 190 Å². The van der Waals surface area contributed by atoms with E-state index in [2.05, 4.69) is 37.6 Å². The molecule has 2 amide bonds. The lowest BCUT2D eigenvalue weighted by Crippen LogP contribution is -2.46. The van der Waals surface area contributed by atoms with Crippen LogP contribution < -0.4 is 10.6 Å². The van der Waals surface area contributed by atoms with Crippen LogP contribution >= 0.6 is 0 Å². The molecule has 8 heteroatoms. The van der Waals surface area contributed by atoms with Crippen molar-refractivity contribution in [2.45, 2.75) is 66.4 Å². The van der Waals surface area contributed by atoms with Gasteiger partial charge in [-0.2, -0.15) is 0 Å². The lowest BCUT2D eigenvalue weighted by atomic mass is 9.59. The molecule has 0 spiro atoms. The number of ether oxygens (including phenoxy) is 1. The molecule has 3 N–H and O–H groups in total. The average molecular weight is 451 g/mol. The number of Topliss-reactive ketones (excluding diaryl/α,β-unsaturated/α-hetero) is 1.